The minimum Gasteiger partial charge on any atom is -0.507 e. The third kappa shape index (κ3) is 1.89. The standard InChI is InChI=1S/C12H16O3S/c1-5-8-6(2)10(13)7(3)11(14)9(8)12(15)16-4/h13-14H,5H2,1-4H3. The Balaban J connectivity index is 3.64. The smallest absolute Gasteiger partial charge is 0.223 e. The van der Waals surface area contributed by atoms with E-state index in [1.165, 1.54) is 0 Å². The molecule has 0 aromatic heterocycles. The van der Waals surface area contributed by atoms with Gasteiger partial charge < -0.3 is 10.2 Å². The Hall–Kier alpha value is -1.16. The number of aromatic hydroxyl groups is 2. The molecule has 0 heterocycles. The molecule has 4 heteroatoms. The summed E-state index contributed by atoms with van der Waals surface area (Å²) in [5.74, 6) is -0.0219. The molecule has 1 aromatic rings. The van der Waals surface area contributed by atoms with Crippen LogP contribution in [0.15, 0.2) is 0 Å². The lowest BCUT2D eigenvalue weighted by Crippen LogP contribution is -2.04. The van der Waals surface area contributed by atoms with Crippen molar-refractivity contribution in [2.45, 2.75) is 27.2 Å². The zero-order chi connectivity index (χ0) is 12.5. The highest BCUT2D eigenvalue weighted by atomic mass is 32.2. The van der Waals surface area contributed by atoms with Crippen molar-refractivity contribution >= 4 is 16.9 Å². The van der Waals surface area contributed by atoms with Gasteiger partial charge in [0.25, 0.3) is 0 Å². The van der Waals surface area contributed by atoms with Crippen LogP contribution in [0, 0.1) is 13.8 Å². The van der Waals surface area contributed by atoms with Gasteiger partial charge in [0.1, 0.15) is 11.5 Å². The van der Waals surface area contributed by atoms with Gasteiger partial charge in [-0.3, -0.25) is 4.79 Å². The number of benzene rings is 1. The maximum absolute atomic E-state index is 11.8. The summed E-state index contributed by atoms with van der Waals surface area (Å²) in [5.41, 5.74) is 2.10. The molecule has 0 saturated carbocycles. The maximum Gasteiger partial charge on any atom is 0.223 e. The van der Waals surface area contributed by atoms with Crippen molar-refractivity contribution in [2.24, 2.45) is 0 Å². The number of thioether (sulfide) groups is 1. The minimum absolute atomic E-state index is 0.0759. The van der Waals surface area contributed by atoms with E-state index < -0.39 is 0 Å². The lowest BCUT2D eigenvalue weighted by molar-refractivity contribution is 0.108. The largest absolute Gasteiger partial charge is 0.507 e. The molecule has 0 fully saturated rings. The lowest BCUT2D eigenvalue weighted by Gasteiger charge is -2.15. The molecule has 0 saturated heterocycles. The molecule has 0 aliphatic carbocycles. The van der Waals surface area contributed by atoms with Crippen LogP contribution < -0.4 is 0 Å². The number of carbonyl (C=O) groups excluding carboxylic acids is 1. The van der Waals surface area contributed by atoms with Crippen LogP contribution in [-0.4, -0.2) is 21.6 Å². The first-order chi connectivity index (χ1) is 7.45. The third-order valence-electron chi connectivity index (χ3n) is 2.80. The molecule has 0 unspecified atom stereocenters. The summed E-state index contributed by atoms with van der Waals surface area (Å²) in [6, 6.07) is 0. The van der Waals surface area contributed by atoms with E-state index in [4.69, 9.17) is 0 Å². The highest BCUT2D eigenvalue weighted by Gasteiger charge is 2.22. The van der Waals surface area contributed by atoms with Crippen molar-refractivity contribution in [1.82, 2.24) is 0 Å². The fourth-order valence-corrected chi connectivity index (χ4v) is 2.24. The van der Waals surface area contributed by atoms with Crippen molar-refractivity contribution in [3.05, 3.63) is 22.3 Å². The predicted octanol–water partition coefficient (Wildman–Crippen LogP) is 2.78. The fraction of sp³-hybridized carbons (Fsp3) is 0.417. The molecule has 1 aromatic carbocycles. The van der Waals surface area contributed by atoms with Gasteiger partial charge in [0.2, 0.25) is 5.12 Å². The molecule has 0 amide bonds. The van der Waals surface area contributed by atoms with E-state index in [2.05, 4.69) is 0 Å². The van der Waals surface area contributed by atoms with E-state index in [0.717, 1.165) is 17.3 Å². The molecule has 0 radical (unpaired) electrons. The van der Waals surface area contributed by atoms with Crippen molar-refractivity contribution in [1.29, 1.82) is 0 Å². The van der Waals surface area contributed by atoms with E-state index >= 15 is 0 Å². The zero-order valence-electron chi connectivity index (χ0n) is 9.92. The Morgan fingerprint density at radius 3 is 2.19 bits per heavy atom. The van der Waals surface area contributed by atoms with E-state index in [9.17, 15) is 15.0 Å². The minimum atomic E-state index is -0.166. The fourth-order valence-electron chi connectivity index (χ4n) is 1.82. The Bertz CT molecular complexity index is 439. The highest BCUT2D eigenvalue weighted by molar-refractivity contribution is 8.13. The number of rotatable bonds is 2. The number of phenolic OH excluding ortho intramolecular Hbond substituents is 2. The van der Waals surface area contributed by atoms with Gasteiger partial charge in [-0.15, -0.1) is 0 Å². The number of hydrogen-bond acceptors (Lipinski definition) is 4. The van der Waals surface area contributed by atoms with Crippen LogP contribution in [0.25, 0.3) is 0 Å². The summed E-state index contributed by atoms with van der Waals surface area (Å²) in [6.07, 6.45) is 2.29. The molecule has 88 valence electrons. The second-order valence-corrected chi connectivity index (χ2v) is 4.42. The van der Waals surface area contributed by atoms with Gasteiger partial charge >= 0.3 is 0 Å². The Morgan fingerprint density at radius 1 is 1.19 bits per heavy atom. The SMILES string of the molecule is CCc1c(C)c(O)c(C)c(O)c1C(=O)SC. The Morgan fingerprint density at radius 2 is 1.75 bits per heavy atom. The molecule has 0 aliphatic heterocycles. The van der Waals surface area contributed by atoms with E-state index in [-0.39, 0.29) is 16.6 Å². The first-order valence-electron chi connectivity index (χ1n) is 5.07. The van der Waals surface area contributed by atoms with Crippen molar-refractivity contribution in [3.8, 4) is 11.5 Å². The molecule has 0 aliphatic rings. The number of carbonyl (C=O) groups is 1. The van der Waals surface area contributed by atoms with Crippen LogP contribution in [0.1, 0.15) is 34.0 Å². The van der Waals surface area contributed by atoms with E-state index in [0.29, 0.717) is 23.1 Å². The molecule has 2 N–H and O–H groups in total. The molecular formula is C12H16O3S. The lowest BCUT2D eigenvalue weighted by atomic mass is 9.95. The van der Waals surface area contributed by atoms with Crippen molar-refractivity contribution < 1.29 is 15.0 Å². The summed E-state index contributed by atoms with van der Waals surface area (Å²) in [7, 11) is 0. The quantitative estimate of drug-likeness (QED) is 0.834. The van der Waals surface area contributed by atoms with Crippen LogP contribution in [0.2, 0.25) is 0 Å². The van der Waals surface area contributed by atoms with Gasteiger partial charge in [0.15, 0.2) is 0 Å². The highest BCUT2D eigenvalue weighted by Crippen LogP contribution is 2.38. The van der Waals surface area contributed by atoms with Gasteiger partial charge in [-0.2, -0.15) is 0 Å². The number of phenols is 2. The van der Waals surface area contributed by atoms with E-state index in [1.54, 1.807) is 20.1 Å². The normalized spacial score (nSPS) is 10.5. The molecule has 0 bridgehead atoms. The summed E-state index contributed by atoms with van der Waals surface area (Å²) in [4.78, 5) is 11.8. The molecule has 0 atom stereocenters. The summed E-state index contributed by atoms with van der Waals surface area (Å²) >= 11 is 1.06. The van der Waals surface area contributed by atoms with Gasteiger partial charge in [-0.05, 0) is 37.7 Å². The van der Waals surface area contributed by atoms with E-state index in [1.807, 2.05) is 6.92 Å². The van der Waals surface area contributed by atoms with Crippen molar-refractivity contribution in [2.75, 3.05) is 6.26 Å². The second kappa shape index (κ2) is 4.78. The van der Waals surface area contributed by atoms with Crippen LogP contribution in [0.5, 0.6) is 11.5 Å². The topological polar surface area (TPSA) is 57.5 Å². The average molecular weight is 240 g/mol. The van der Waals surface area contributed by atoms with Crippen LogP contribution in [0.4, 0.5) is 0 Å². The van der Waals surface area contributed by atoms with Crippen LogP contribution in [0.3, 0.4) is 0 Å². The third-order valence-corrected chi connectivity index (χ3v) is 3.37. The molecule has 3 nitrogen and oxygen atoms in total. The molecule has 16 heavy (non-hydrogen) atoms. The monoisotopic (exact) mass is 240 g/mol. The first-order valence-corrected chi connectivity index (χ1v) is 6.30. The van der Waals surface area contributed by atoms with Gasteiger partial charge in [-0.1, -0.05) is 18.7 Å². The Labute approximate surface area is 99.5 Å². The van der Waals surface area contributed by atoms with Crippen LogP contribution >= 0.6 is 11.8 Å². The van der Waals surface area contributed by atoms with Crippen molar-refractivity contribution in [3.63, 3.8) is 0 Å². The molecule has 1 rings (SSSR count). The summed E-state index contributed by atoms with van der Waals surface area (Å²) in [5, 5.41) is 19.6. The number of hydrogen-bond donors (Lipinski definition) is 2. The first kappa shape index (κ1) is 12.9. The zero-order valence-corrected chi connectivity index (χ0v) is 10.7. The summed E-state index contributed by atoms with van der Waals surface area (Å²) in [6.45, 7) is 5.26. The predicted molar refractivity (Wildman–Crippen MR) is 66.5 cm³/mol. The Kier molecular flexibility index (Phi) is 3.86. The van der Waals surface area contributed by atoms with Gasteiger partial charge in [0.05, 0.1) is 5.56 Å². The summed E-state index contributed by atoms with van der Waals surface area (Å²) < 4.78 is 0. The second-order valence-electron chi connectivity index (χ2n) is 3.65. The average Bonchev–Trinajstić information content (AvgIpc) is 2.29. The van der Waals surface area contributed by atoms with Crippen LogP contribution in [-0.2, 0) is 6.42 Å². The molecule has 0 spiro atoms. The molecular weight excluding hydrogens is 224 g/mol. The maximum atomic E-state index is 11.8. The van der Waals surface area contributed by atoms with Gasteiger partial charge in [-0.25, -0.2) is 0 Å². The van der Waals surface area contributed by atoms with Gasteiger partial charge in [0, 0.05) is 5.56 Å².